The third-order valence-corrected chi connectivity index (χ3v) is 3.86. The molecule has 0 radical (unpaired) electrons. The predicted molar refractivity (Wildman–Crippen MR) is 65.9 cm³/mol. The SMILES string of the molecule is CCCC(CCCO)CC1CCCCC1. The van der Waals surface area contributed by atoms with Gasteiger partial charge in [0.05, 0.1) is 0 Å². The summed E-state index contributed by atoms with van der Waals surface area (Å²) in [5, 5.41) is 8.89. The minimum atomic E-state index is 0.380. The number of aliphatic hydroxyl groups is 1. The molecule has 0 bridgehead atoms. The summed E-state index contributed by atoms with van der Waals surface area (Å²) < 4.78 is 0. The first-order chi connectivity index (χ1) is 7.36. The van der Waals surface area contributed by atoms with Crippen molar-refractivity contribution in [2.45, 2.75) is 71.1 Å². The van der Waals surface area contributed by atoms with Crippen LogP contribution in [-0.2, 0) is 0 Å². The van der Waals surface area contributed by atoms with Gasteiger partial charge in [-0.2, -0.15) is 0 Å². The van der Waals surface area contributed by atoms with Crippen LogP contribution >= 0.6 is 0 Å². The molecule has 0 aliphatic heterocycles. The molecule has 0 aromatic rings. The fourth-order valence-corrected chi connectivity index (χ4v) is 3.06. The first-order valence-electron chi connectivity index (χ1n) is 6.97. The second-order valence-electron chi connectivity index (χ2n) is 5.26. The molecule has 1 fully saturated rings. The molecule has 0 saturated heterocycles. The average molecular weight is 212 g/mol. The Morgan fingerprint density at radius 3 is 2.47 bits per heavy atom. The molecule has 1 unspecified atom stereocenters. The Morgan fingerprint density at radius 1 is 1.13 bits per heavy atom. The van der Waals surface area contributed by atoms with Crippen LogP contribution in [0, 0.1) is 11.8 Å². The molecule has 1 nitrogen and oxygen atoms in total. The van der Waals surface area contributed by atoms with Crippen molar-refractivity contribution in [1.82, 2.24) is 0 Å². The second-order valence-corrected chi connectivity index (χ2v) is 5.26. The van der Waals surface area contributed by atoms with Gasteiger partial charge in [0.25, 0.3) is 0 Å². The standard InChI is InChI=1S/C14H28O/c1-2-7-13(10-6-11-15)12-14-8-4-3-5-9-14/h13-15H,2-12H2,1H3. The molecule has 1 N–H and O–H groups in total. The Labute approximate surface area is 95.3 Å². The van der Waals surface area contributed by atoms with Gasteiger partial charge >= 0.3 is 0 Å². The van der Waals surface area contributed by atoms with E-state index in [4.69, 9.17) is 5.11 Å². The molecule has 15 heavy (non-hydrogen) atoms. The van der Waals surface area contributed by atoms with E-state index in [2.05, 4.69) is 6.92 Å². The van der Waals surface area contributed by atoms with Crippen molar-refractivity contribution >= 4 is 0 Å². The lowest BCUT2D eigenvalue weighted by molar-refractivity contribution is 0.235. The first-order valence-corrected chi connectivity index (χ1v) is 6.97. The van der Waals surface area contributed by atoms with E-state index in [1.807, 2.05) is 0 Å². The summed E-state index contributed by atoms with van der Waals surface area (Å²) in [4.78, 5) is 0. The van der Waals surface area contributed by atoms with Crippen LogP contribution in [0.5, 0.6) is 0 Å². The Bertz CT molecular complexity index is 138. The molecule has 1 rings (SSSR count). The lowest BCUT2D eigenvalue weighted by Crippen LogP contribution is -2.13. The third-order valence-electron chi connectivity index (χ3n) is 3.86. The van der Waals surface area contributed by atoms with Gasteiger partial charge in [0.15, 0.2) is 0 Å². The lowest BCUT2D eigenvalue weighted by atomic mass is 9.80. The molecule has 0 spiro atoms. The van der Waals surface area contributed by atoms with Crippen LogP contribution in [0.1, 0.15) is 71.1 Å². The van der Waals surface area contributed by atoms with E-state index in [1.54, 1.807) is 0 Å². The summed E-state index contributed by atoms with van der Waals surface area (Å²) >= 11 is 0. The average Bonchev–Trinajstić information content (AvgIpc) is 2.28. The first kappa shape index (κ1) is 13.0. The van der Waals surface area contributed by atoms with Crippen molar-refractivity contribution < 1.29 is 5.11 Å². The van der Waals surface area contributed by atoms with E-state index >= 15 is 0 Å². The van der Waals surface area contributed by atoms with Crippen LogP contribution < -0.4 is 0 Å². The number of aliphatic hydroxyl groups excluding tert-OH is 1. The summed E-state index contributed by atoms with van der Waals surface area (Å²) in [7, 11) is 0. The Kier molecular flexibility index (Phi) is 7.08. The molecule has 90 valence electrons. The maximum Gasteiger partial charge on any atom is 0.0431 e. The Hall–Kier alpha value is -0.0400. The third kappa shape index (κ3) is 5.55. The normalized spacial score (nSPS) is 20.4. The lowest BCUT2D eigenvalue weighted by Gasteiger charge is -2.26. The van der Waals surface area contributed by atoms with Gasteiger partial charge in [-0.15, -0.1) is 0 Å². The van der Waals surface area contributed by atoms with Crippen LogP contribution in [0.25, 0.3) is 0 Å². The maximum absolute atomic E-state index is 8.89. The van der Waals surface area contributed by atoms with Gasteiger partial charge < -0.3 is 5.11 Å². The molecule has 0 heterocycles. The van der Waals surface area contributed by atoms with Crippen LogP contribution in [-0.4, -0.2) is 11.7 Å². The molecule has 1 saturated carbocycles. The van der Waals surface area contributed by atoms with Crippen LogP contribution in [0.15, 0.2) is 0 Å². The van der Waals surface area contributed by atoms with Crippen molar-refractivity contribution in [2.75, 3.05) is 6.61 Å². The summed E-state index contributed by atoms with van der Waals surface area (Å²) in [5.74, 6) is 1.90. The van der Waals surface area contributed by atoms with Gasteiger partial charge in [-0.25, -0.2) is 0 Å². The van der Waals surface area contributed by atoms with E-state index in [-0.39, 0.29) is 0 Å². The van der Waals surface area contributed by atoms with Crippen molar-refractivity contribution in [1.29, 1.82) is 0 Å². The fourth-order valence-electron chi connectivity index (χ4n) is 3.06. The topological polar surface area (TPSA) is 20.2 Å². The quantitative estimate of drug-likeness (QED) is 0.672. The monoisotopic (exact) mass is 212 g/mol. The van der Waals surface area contributed by atoms with Crippen molar-refractivity contribution in [2.24, 2.45) is 11.8 Å². The summed E-state index contributed by atoms with van der Waals surface area (Å²) in [5.41, 5.74) is 0. The van der Waals surface area contributed by atoms with E-state index in [9.17, 15) is 0 Å². The Morgan fingerprint density at radius 2 is 1.87 bits per heavy atom. The zero-order valence-electron chi connectivity index (χ0n) is 10.4. The molecule has 1 atom stereocenters. The number of hydrogen-bond acceptors (Lipinski definition) is 1. The van der Waals surface area contributed by atoms with E-state index in [0.29, 0.717) is 6.61 Å². The second kappa shape index (κ2) is 8.15. The summed E-state index contributed by atoms with van der Waals surface area (Å²) in [6.45, 7) is 2.66. The van der Waals surface area contributed by atoms with Gasteiger partial charge in [0, 0.05) is 6.61 Å². The summed E-state index contributed by atoms with van der Waals surface area (Å²) in [6, 6.07) is 0. The van der Waals surface area contributed by atoms with Gasteiger partial charge in [-0.1, -0.05) is 51.9 Å². The highest BCUT2D eigenvalue weighted by Crippen LogP contribution is 2.32. The highest BCUT2D eigenvalue weighted by Gasteiger charge is 2.18. The van der Waals surface area contributed by atoms with E-state index < -0.39 is 0 Å². The van der Waals surface area contributed by atoms with Crippen LogP contribution in [0.3, 0.4) is 0 Å². The minimum absolute atomic E-state index is 0.380. The maximum atomic E-state index is 8.89. The molecule has 0 aromatic carbocycles. The van der Waals surface area contributed by atoms with E-state index in [1.165, 1.54) is 57.8 Å². The predicted octanol–water partition coefficient (Wildman–Crippen LogP) is 4.15. The van der Waals surface area contributed by atoms with Crippen LogP contribution in [0.2, 0.25) is 0 Å². The molecule has 1 aliphatic carbocycles. The fraction of sp³-hybridized carbons (Fsp3) is 1.00. The smallest absolute Gasteiger partial charge is 0.0431 e. The van der Waals surface area contributed by atoms with Gasteiger partial charge in [-0.3, -0.25) is 0 Å². The largest absolute Gasteiger partial charge is 0.396 e. The molecular formula is C14H28O. The van der Waals surface area contributed by atoms with Gasteiger partial charge in [0.1, 0.15) is 0 Å². The molecule has 0 aromatic heterocycles. The molecule has 0 amide bonds. The highest BCUT2D eigenvalue weighted by atomic mass is 16.2. The van der Waals surface area contributed by atoms with Gasteiger partial charge in [0.2, 0.25) is 0 Å². The van der Waals surface area contributed by atoms with Crippen LogP contribution in [0.4, 0.5) is 0 Å². The van der Waals surface area contributed by atoms with Crippen molar-refractivity contribution in [3.8, 4) is 0 Å². The highest BCUT2D eigenvalue weighted by molar-refractivity contribution is 4.70. The minimum Gasteiger partial charge on any atom is -0.396 e. The Balaban J connectivity index is 2.21. The zero-order valence-corrected chi connectivity index (χ0v) is 10.4. The van der Waals surface area contributed by atoms with Crippen molar-refractivity contribution in [3.63, 3.8) is 0 Å². The summed E-state index contributed by atoms with van der Waals surface area (Å²) in [6.07, 6.45) is 13.7. The van der Waals surface area contributed by atoms with E-state index in [0.717, 1.165) is 18.3 Å². The van der Waals surface area contributed by atoms with Gasteiger partial charge in [-0.05, 0) is 31.1 Å². The van der Waals surface area contributed by atoms with Crippen molar-refractivity contribution in [3.05, 3.63) is 0 Å². The molecule has 1 heteroatoms. The molecule has 1 aliphatic rings. The molecular weight excluding hydrogens is 184 g/mol. The number of rotatable bonds is 7. The number of hydrogen-bond donors (Lipinski definition) is 1. The zero-order chi connectivity index (χ0) is 10.9.